The molecule has 0 aromatic rings. The Hall–Kier alpha value is -1.55. The molecule has 11 nitrogen and oxygen atoms in total. The number of quaternary nitrogens is 1. The van der Waals surface area contributed by atoms with E-state index in [1.54, 1.807) is 0 Å². The van der Waals surface area contributed by atoms with Crippen molar-refractivity contribution in [3.8, 4) is 0 Å². The summed E-state index contributed by atoms with van der Waals surface area (Å²) in [6, 6.07) is 0. The molecule has 0 amide bonds. The minimum atomic E-state index is -1.55. The summed E-state index contributed by atoms with van der Waals surface area (Å²) in [5.74, 6) is -4.90. The monoisotopic (exact) mass is 615 g/mol. The summed E-state index contributed by atoms with van der Waals surface area (Å²) in [6.07, 6.45) is 4.03. The van der Waals surface area contributed by atoms with Crippen molar-refractivity contribution in [2.45, 2.75) is 39.5 Å². The summed E-state index contributed by atoms with van der Waals surface area (Å²) in [5.41, 5.74) is -3.10. The number of nitrogens with zero attached hydrogens (tertiary/aromatic N) is 2. The van der Waals surface area contributed by atoms with Gasteiger partial charge in [-0.15, -0.1) is 0 Å². The van der Waals surface area contributed by atoms with Crippen LogP contribution in [-0.4, -0.2) is 93.4 Å². The maximum Gasteiger partial charge on any atom is 4.00 e. The summed E-state index contributed by atoms with van der Waals surface area (Å²) in [7, 11) is 0. The first kappa shape index (κ1) is 30.6. The third-order valence-electron chi connectivity index (χ3n) is 5.27. The van der Waals surface area contributed by atoms with Gasteiger partial charge in [0.2, 0.25) is 0 Å². The van der Waals surface area contributed by atoms with Crippen molar-refractivity contribution in [2.75, 3.05) is 39.3 Å². The van der Waals surface area contributed by atoms with E-state index >= 15 is 0 Å². The summed E-state index contributed by atoms with van der Waals surface area (Å²) < 4.78 is 0. The van der Waals surface area contributed by atoms with Gasteiger partial charge in [-0.05, 0) is 25.9 Å². The Morgan fingerprint density at radius 3 is 1.07 bits per heavy atom. The number of carboxylic acids is 4. The molecule has 0 aromatic carbocycles. The molecule has 174 valence electrons. The van der Waals surface area contributed by atoms with Crippen LogP contribution in [0.15, 0.2) is 0 Å². The van der Waals surface area contributed by atoms with Gasteiger partial charge in [-0.2, -0.15) is 0 Å². The number of hydrogen-bond donors (Lipinski definition) is 5. The molecule has 8 N–H and O–H groups in total. The number of carboxylic acid groups (broad SMARTS) is 4. The first-order valence-corrected chi connectivity index (χ1v) is 9.44. The second-order valence-electron chi connectivity index (χ2n) is 7.51. The standard InChI is InChI=1S/2C9H15NO4.H3N.Pt/c2*1-2-3-4-10-5-9(6-10,7(11)12)8(13)14;;/h2*2-6H2,1H3,(H,11,12)(H,13,14);1H3;/q;;;+4/p+1. The maximum absolute atomic E-state index is 10.8. The predicted octanol–water partition coefficient (Wildman–Crippen LogP) is 0.889. The van der Waals surface area contributed by atoms with Crippen LogP contribution in [0.5, 0.6) is 0 Å². The molecule has 12 heteroatoms. The van der Waals surface area contributed by atoms with Crippen molar-refractivity contribution in [3.63, 3.8) is 0 Å². The van der Waals surface area contributed by atoms with Gasteiger partial charge in [0.25, 0.3) is 0 Å². The second-order valence-corrected chi connectivity index (χ2v) is 7.51. The van der Waals surface area contributed by atoms with Gasteiger partial charge < -0.3 is 26.6 Å². The molecule has 2 heterocycles. The van der Waals surface area contributed by atoms with E-state index in [2.05, 4.69) is 0 Å². The van der Waals surface area contributed by atoms with Crippen molar-refractivity contribution in [2.24, 2.45) is 10.8 Å². The molecule has 0 unspecified atom stereocenters. The van der Waals surface area contributed by atoms with E-state index < -0.39 is 34.7 Å². The van der Waals surface area contributed by atoms with Gasteiger partial charge in [-0.3, -0.25) is 29.0 Å². The van der Waals surface area contributed by atoms with Gasteiger partial charge in [0, 0.05) is 26.2 Å². The van der Waals surface area contributed by atoms with E-state index in [-0.39, 0.29) is 53.4 Å². The molecular formula is C18H34N3O8Pt+5. The molecule has 0 spiro atoms. The maximum atomic E-state index is 10.8. The number of carbonyl (C=O) groups is 4. The molecule has 2 aliphatic heterocycles. The van der Waals surface area contributed by atoms with Crippen molar-refractivity contribution < 1.29 is 60.7 Å². The van der Waals surface area contributed by atoms with Gasteiger partial charge in [-0.1, -0.05) is 26.7 Å². The predicted molar refractivity (Wildman–Crippen MR) is 104 cm³/mol. The first-order valence-electron chi connectivity index (χ1n) is 9.44. The van der Waals surface area contributed by atoms with Gasteiger partial charge in [-0.25, -0.2) is 0 Å². The Morgan fingerprint density at radius 1 is 0.667 bits per heavy atom. The van der Waals surface area contributed by atoms with Crippen molar-refractivity contribution in [1.82, 2.24) is 16.0 Å². The Kier molecular flexibility index (Phi) is 13.3. The Bertz CT molecular complexity index is 520. The van der Waals surface area contributed by atoms with Crippen LogP contribution < -0.4 is 6.15 Å². The first-order chi connectivity index (χ1) is 13.1. The molecule has 2 rings (SSSR count). The van der Waals surface area contributed by atoms with Crippen molar-refractivity contribution >= 4 is 23.9 Å². The van der Waals surface area contributed by atoms with E-state index in [0.717, 1.165) is 38.8 Å². The SMILES string of the molecule is CCCCN1CC(C(=O)O)(C(=O)O)C1.CCCCN1CC(C(=O)O)(C(=O)O)C1.[NH4+].[Pt+4]. The topological polar surface area (TPSA) is 192 Å². The number of aliphatic carboxylic acids is 4. The van der Waals surface area contributed by atoms with E-state index in [9.17, 15) is 19.2 Å². The molecule has 0 atom stereocenters. The molecule has 0 aromatic heterocycles. The molecule has 2 fully saturated rings. The Labute approximate surface area is 190 Å². The summed E-state index contributed by atoms with van der Waals surface area (Å²) in [6.45, 7) is 6.21. The fraction of sp³-hybridized carbons (Fsp3) is 0.778. The third-order valence-corrected chi connectivity index (χ3v) is 5.27. The second kappa shape index (κ2) is 13.0. The molecule has 0 aliphatic carbocycles. The van der Waals surface area contributed by atoms with Crippen LogP contribution in [0.25, 0.3) is 0 Å². The van der Waals surface area contributed by atoms with Gasteiger partial charge >= 0.3 is 44.9 Å². The van der Waals surface area contributed by atoms with Gasteiger partial charge in [0.1, 0.15) is 0 Å². The fourth-order valence-electron chi connectivity index (χ4n) is 3.24. The minimum absolute atomic E-state index is 0. The molecule has 2 saturated heterocycles. The van der Waals surface area contributed by atoms with Crippen LogP contribution in [0.2, 0.25) is 0 Å². The molecule has 0 bridgehead atoms. The van der Waals surface area contributed by atoms with Crippen LogP contribution in [0.1, 0.15) is 39.5 Å². The van der Waals surface area contributed by atoms with Gasteiger partial charge in [0.15, 0.2) is 10.8 Å². The van der Waals surface area contributed by atoms with Crippen LogP contribution in [0.3, 0.4) is 0 Å². The quantitative estimate of drug-likeness (QED) is 0.221. The van der Waals surface area contributed by atoms with Crippen molar-refractivity contribution in [3.05, 3.63) is 0 Å². The molecular weight excluding hydrogens is 581 g/mol. The largest absolute Gasteiger partial charge is 4.00 e. The van der Waals surface area contributed by atoms with Crippen LogP contribution in [0.4, 0.5) is 0 Å². The molecule has 30 heavy (non-hydrogen) atoms. The Morgan fingerprint density at radius 2 is 0.900 bits per heavy atom. The number of rotatable bonds is 10. The van der Waals surface area contributed by atoms with Crippen LogP contribution >= 0.6 is 0 Å². The molecule has 2 aliphatic rings. The zero-order valence-corrected chi connectivity index (χ0v) is 20.0. The fourth-order valence-corrected chi connectivity index (χ4v) is 3.24. The summed E-state index contributed by atoms with van der Waals surface area (Å²) in [5, 5.41) is 35.2. The number of hydrogen-bond acceptors (Lipinski definition) is 6. The smallest absolute Gasteiger partial charge is 0.480 e. The van der Waals surface area contributed by atoms with Crippen molar-refractivity contribution in [1.29, 1.82) is 0 Å². The van der Waals surface area contributed by atoms with Gasteiger partial charge in [0.05, 0.1) is 0 Å². The summed E-state index contributed by atoms with van der Waals surface area (Å²) in [4.78, 5) is 46.8. The van der Waals surface area contributed by atoms with E-state index in [4.69, 9.17) is 20.4 Å². The van der Waals surface area contributed by atoms with E-state index in [1.165, 1.54) is 0 Å². The number of likely N-dealkylation sites (tertiary alicyclic amines) is 2. The van der Waals surface area contributed by atoms with E-state index in [1.807, 2.05) is 23.6 Å². The molecule has 0 radical (unpaired) electrons. The van der Waals surface area contributed by atoms with Crippen LogP contribution in [0, 0.1) is 10.8 Å². The zero-order valence-electron chi connectivity index (χ0n) is 17.7. The number of unbranched alkanes of at least 4 members (excludes halogenated alkanes) is 2. The zero-order chi connectivity index (χ0) is 21.5. The average molecular weight is 616 g/mol. The minimum Gasteiger partial charge on any atom is -0.480 e. The van der Waals surface area contributed by atoms with E-state index in [0.29, 0.717) is 0 Å². The van der Waals surface area contributed by atoms with Crippen LogP contribution in [-0.2, 0) is 40.2 Å². The Balaban J connectivity index is 0. The normalized spacial score (nSPS) is 18.7. The molecule has 0 saturated carbocycles. The third kappa shape index (κ3) is 6.73. The summed E-state index contributed by atoms with van der Waals surface area (Å²) >= 11 is 0. The average Bonchev–Trinajstić information content (AvgIpc) is 2.51.